The smallest absolute Gasteiger partial charge is 0.249 e. The van der Waals surface area contributed by atoms with Crippen LogP contribution in [0.2, 0.25) is 0 Å². The molecule has 0 aliphatic heterocycles. The number of nitrogens with zero attached hydrogens (tertiary/aromatic N) is 4. The van der Waals surface area contributed by atoms with Gasteiger partial charge in [-0.2, -0.15) is 5.26 Å². The maximum Gasteiger partial charge on any atom is 0.249 e. The Kier molecular flexibility index (Phi) is 10.5. The maximum absolute atomic E-state index is 12.5. The van der Waals surface area contributed by atoms with Gasteiger partial charge in [0, 0.05) is 36.3 Å². The summed E-state index contributed by atoms with van der Waals surface area (Å²) in [5.41, 5.74) is 4.07. The third kappa shape index (κ3) is 8.08. The lowest BCUT2D eigenvalue weighted by Crippen LogP contribution is -2.35. The second kappa shape index (κ2) is 14.0. The third-order valence-electron chi connectivity index (χ3n) is 6.03. The van der Waals surface area contributed by atoms with Gasteiger partial charge < -0.3 is 10.2 Å². The van der Waals surface area contributed by atoms with Crippen LogP contribution < -0.4 is 5.32 Å². The molecule has 1 unspecified atom stereocenters. The van der Waals surface area contributed by atoms with E-state index < -0.39 is 23.5 Å². The van der Waals surface area contributed by atoms with E-state index in [0.29, 0.717) is 12.8 Å². The van der Waals surface area contributed by atoms with Crippen molar-refractivity contribution >= 4 is 22.6 Å². The minimum Gasteiger partial charge on any atom is -0.309 e. The Morgan fingerprint density at radius 2 is 1.82 bits per heavy atom. The largest absolute Gasteiger partial charge is 0.309 e. The van der Waals surface area contributed by atoms with E-state index in [9.17, 15) is 13.6 Å². The molecule has 1 N–H and O–H groups in total. The zero-order valence-electron chi connectivity index (χ0n) is 22.3. The summed E-state index contributed by atoms with van der Waals surface area (Å²) in [6, 6.07) is 17.2. The number of Topliss-reactive ketones (excluding diaryl/α,β-unsaturated/α-hetero) is 1. The van der Waals surface area contributed by atoms with Crippen LogP contribution in [0.5, 0.6) is 0 Å². The number of fused-ring (bicyclic) bond motifs is 1. The quantitative estimate of drug-likeness (QED) is 0.305. The Labute approximate surface area is 227 Å². The van der Waals surface area contributed by atoms with Crippen molar-refractivity contribution in [1.82, 2.24) is 20.2 Å². The van der Waals surface area contributed by atoms with Crippen molar-refractivity contribution in [1.29, 1.82) is 5.26 Å². The zero-order chi connectivity index (χ0) is 28.4. The van der Waals surface area contributed by atoms with Gasteiger partial charge in [-0.15, -0.1) is 0 Å². The molecule has 0 spiro atoms. The lowest BCUT2D eigenvalue weighted by molar-refractivity contribution is -0.115. The fourth-order valence-corrected chi connectivity index (χ4v) is 4.16. The highest BCUT2D eigenvalue weighted by atomic mass is 19.1. The molecule has 39 heavy (non-hydrogen) atoms. The number of nitrogens with one attached hydrogen (secondary N) is 1. The second-order valence-corrected chi connectivity index (χ2v) is 9.25. The minimum absolute atomic E-state index is 0.0671. The van der Waals surface area contributed by atoms with Gasteiger partial charge in [0.1, 0.15) is 17.7 Å². The molecule has 0 fully saturated rings. The summed E-state index contributed by atoms with van der Waals surface area (Å²) in [6.45, 7) is 4.04. The molecule has 0 aliphatic rings. The molecule has 8 heteroatoms. The molecule has 1 atom stereocenters. The fourth-order valence-electron chi connectivity index (χ4n) is 4.16. The number of ketones is 1. The van der Waals surface area contributed by atoms with Crippen molar-refractivity contribution in [2.24, 2.45) is 0 Å². The molecule has 4 rings (SSSR count). The number of likely N-dealkylation sites (N-methyl/N-ethyl adjacent to an activating group) is 1. The summed E-state index contributed by atoms with van der Waals surface area (Å²) in [4.78, 5) is 23.0. The van der Waals surface area contributed by atoms with Crippen LogP contribution in [-0.2, 0) is 24.2 Å². The van der Waals surface area contributed by atoms with E-state index in [-0.39, 0.29) is 5.56 Å². The first-order chi connectivity index (χ1) is 18.7. The van der Waals surface area contributed by atoms with E-state index in [2.05, 4.69) is 40.0 Å². The first-order valence-electron chi connectivity index (χ1n) is 12.4. The molecule has 200 valence electrons. The van der Waals surface area contributed by atoms with E-state index in [1.807, 2.05) is 38.5 Å². The van der Waals surface area contributed by atoms with E-state index in [1.165, 1.54) is 18.2 Å². The molecule has 2 aromatic heterocycles. The molecule has 2 aromatic carbocycles. The molecule has 0 amide bonds. The van der Waals surface area contributed by atoms with E-state index in [1.54, 1.807) is 19.3 Å². The highest BCUT2D eigenvalue weighted by molar-refractivity contribution is 5.97. The van der Waals surface area contributed by atoms with Gasteiger partial charge in [0.2, 0.25) is 5.78 Å². The molecule has 0 saturated heterocycles. The number of hydrogen-bond acceptors (Lipinski definition) is 6. The van der Waals surface area contributed by atoms with Crippen LogP contribution in [0.1, 0.15) is 28.1 Å². The summed E-state index contributed by atoms with van der Waals surface area (Å²) < 4.78 is 25.1. The molecule has 6 nitrogen and oxygen atoms in total. The molecular weight excluding hydrogens is 496 g/mol. The predicted molar refractivity (Wildman–Crippen MR) is 150 cm³/mol. The van der Waals surface area contributed by atoms with Crippen molar-refractivity contribution in [3.63, 3.8) is 0 Å². The average molecular weight is 528 g/mol. The van der Waals surface area contributed by atoms with Crippen LogP contribution in [0.25, 0.3) is 16.8 Å². The van der Waals surface area contributed by atoms with Crippen LogP contribution in [0.15, 0.2) is 73.6 Å². The highest BCUT2D eigenvalue weighted by Gasteiger charge is 2.16. The topological polar surface area (TPSA) is 81.9 Å². The summed E-state index contributed by atoms with van der Waals surface area (Å²) >= 11 is 0. The first-order valence-corrected chi connectivity index (χ1v) is 12.4. The van der Waals surface area contributed by atoms with Crippen molar-refractivity contribution in [3.8, 4) is 6.07 Å². The van der Waals surface area contributed by atoms with E-state index in [0.717, 1.165) is 45.9 Å². The Bertz CT molecular complexity index is 1480. The van der Waals surface area contributed by atoms with Crippen LogP contribution in [0, 0.1) is 23.0 Å². The van der Waals surface area contributed by atoms with E-state index >= 15 is 0 Å². The second-order valence-electron chi connectivity index (χ2n) is 9.25. The lowest BCUT2D eigenvalue weighted by atomic mass is 9.98. The monoisotopic (exact) mass is 527 g/mol. The Morgan fingerprint density at radius 1 is 1.13 bits per heavy atom. The van der Waals surface area contributed by atoms with Crippen LogP contribution in [0.3, 0.4) is 0 Å². The number of benzene rings is 2. The van der Waals surface area contributed by atoms with Crippen LogP contribution in [-0.4, -0.2) is 47.8 Å². The average Bonchev–Trinajstić information content (AvgIpc) is 2.92. The number of carbonyl (C=O) groups is 1. The molecule has 4 aromatic rings. The summed E-state index contributed by atoms with van der Waals surface area (Å²) in [7, 11) is 5.76. The molecule has 0 aliphatic carbocycles. The number of pyridine rings is 2. The van der Waals surface area contributed by atoms with Crippen molar-refractivity contribution < 1.29 is 13.6 Å². The number of carbonyl (C=O) groups excluding carboxylic acids is 1. The summed E-state index contributed by atoms with van der Waals surface area (Å²) in [5, 5.41) is 14.0. The van der Waals surface area contributed by atoms with Gasteiger partial charge >= 0.3 is 0 Å². The number of aromatic nitrogens is 2. The van der Waals surface area contributed by atoms with Gasteiger partial charge in [0.05, 0.1) is 17.4 Å². The number of halogens is 2. The van der Waals surface area contributed by atoms with Gasteiger partial charge in [-0.05, 0) is 68.3 Å². The summed E-state index contributed by atoms with van der Waals surface area (Å²) in [5.74, 6) is -1.60. The third-order valence-corrected chi connectivity index (χ3v) is 6.03. The number of hydrogen-bond donors (Lipinski definition) is 1. The molecular formula is C31H31F2N5O. The Hall–Kier alpha value is -4.32. The molecule has 0 saturated carbocycles. The van der Waals surface area contributed by atoms with Crippen molar-refractivity contribution in [2.45, 2.75) is 25.4 Å². The Morgan fingerprint density at radius 3 is 2.44 bits per heavy atom. The SMILES string of the molecule is C=Cc1c(F)cccc1F.CNC(Cc1cccc(Cc2nc(CN(C)C)cc3ccncc23)c1)C(=O)C#N. The Balaban J connectivity index is 0.000000353. The first kappa shape index (κ1) is 29.2. The van der Waals surface area contributed by atoms with E-state index in [4.69, 9.17) is 10.2 Å². The minimum atomic E-state index is -0.574. The fraction of sp³-hybridized carbons (Fsp3) is 0.226. The number of rotatable bonds is 9. The molecule has 0 bridgehead atoms. The van der Waals surface area contributed by atoms with Crippen molar-refractivity contribution in [3.05, 3.63) is 113 Å². The van der Waals surface area contributed by atoms with Gasteiger partial charge in [0.15, 0.2) is 0 Å². The van der Waals surface area contributed by atoms with Crippen molar-refractivity contribution in [2.75, 3.05) is 21.1 Å². The van der Waals surface area contributed by atoms with Gasteiger partial charge in [-0.3, -0.25) is 14.8 Å². The standard InChI is InChI=1S/C23H25N5O.C8H6F2/c1-25-22(23(29)13-24)11-17-6-4-5-16(9-17)10-21-20-14-26-8-7-18(20)12-19(27-21)15-28(2)3;1-2-6-7(9)4-3-5-8(6)10/h4-9,12,14,22,25H,10-11,15H2,1-3H3;2-5H,1H2. The van der Waals surface area contributed by atoms with Crippen LogP contribution >= 0.6 is 0 Å². The van der Waals surface area contributed by atoms with Gasteiger partial charge in [0.25, 0.3) is 0 Å². The normalized spacial score (nSPS) is 11.4. The summed E-state index contributed by atoms with van der Waals surface area (Å²) in [6.07, 6.45) is 5.98. The lowest BCUT2D eigenvalue weighted by Gasteiger charge is -2.14. The predicted octanol–water partition coefficient (Wildman–Crippen LogP) is 5.11. The molecule has 0 radical (unpaired) electrons. The van der Waals surface area contributed by atoms with Gasteiger partial charge in [-0.25, -0.2) is 8.78 Å². The maximum atomic E-state index is 12.5. The number of nitriles is 1. The molecule has 2 heterocycles. The highest BCUT2D eigenvalue weighted by Crippen LogP contribution is 2.22. The van der Waals surface area contributed by atoms with Crippen LogP contribution in [0.4, 0.5) is 8.78 Å². The zero-order valence-corrected chi connectivity index (χ0v) is 22.3. The van der Waals surface area contributed by atoms with Gasteiger partial charge in [-0.1, -0.05) is 43.0 Å².